The molecule has 0 spiro atoms. The molecule has 1 saturated carbocycles. The third-order valence-corrected chi connectivity index (χ3v) is 5.59. The number of pyridine rings is 1. The van der Waals surface area contributed by atoms with E-state index in [9.17, 15) is 10.1 Å². The number of nitro groups is 1. The topological polar surface area (TPSA) is 91.2 Å². The van der Waals surface area contributed by atoms with Crippen LogP contribution in [0.2, 0.25) is 0 Å². The van der Waals surface area contributed by atoms with Gasteiger partial charge in [-0.3, -0.25) is 15.2 Å². The quantitative estimate of drug-likeness (QED) is 0.669. The fourth-order valence-electron chi connectivity index (χ4n) is 3.64. The van der Waals surface area contributed by atoms with Crippen molar-refractivity contribution in [1.82, 2.24) is 15.2 Å². The molecule has 1 aliphatic carbocycles. The summed E-state index contributed by atoms with van der Waals surface area (Å²) < 4.78 is 0. The molecule has 2 aliphatic rings. The van der Waals surface area contributed by atoms with Crippen LogP contribution in [-0.2, 0) is 5.41 Å². The second-order valence-corrected chi connectivity index (χ2v) is 7.68. The number of hydrogen-bond donors (Lipinski definition) is 1. The van der Waals surface area contributed by atoms with Gasteiger partial charge in [0, 0.05) is 54.6 Å². The molecule has 138 valence electrons. The molecule has 1 N–H and O–H groups in total. The van der Waals surface area contributed by atoms with Gasteiger partial charge >= 0.3 is 5.69 Å². The number of piperazine rings is 1. The Kier molecular flexibility index (Phi) is 3.86. The van der Waals surface area contributed by atoms with E-state index < -0.39 is 0 Å². The van der Waals surface area contributed by atoms with Gasteiger partial charge in [-0.1, -0.05) is 6.92 Å². The lowest BCUT2D eigenvalue weighted by atomic mass is 10.1. The maximum absolute atomic E-state index is 11.5. The molecule has 0 aromatic carbocycles. The molecule has 2 aromatic heterocycles. The van der Waals surface area contributed by atoms with Crippen LogP contribution in [0.1, 0.15) is 36.7 Å². The Balaban J connectivity index is 1.50. The molecule has 26 heavy (non-hydrogen) atoms. The fraction of sp³-hybridized carbons (Fsp3) is 0.556. The summed E-state index contributed by atoms with van der Waals surface area (Å²) in [5, 5.41) is 19.2. The van der Waals surface area contributed by atoms with Crippen LogP contribution in [0, 0.1) is 24.0 Å². The lowest BCUT2D eigenvalue weighted by Gasteiger charge is -2.35. The van der Waals surface area contributed by atoms with E-state index in [0.29, 0.717) is 24.5 Å². The van der Waals surface area contributed by atoms with Crippen molar-refractivity contribution in [3.05, 3.63) is 39.2 Å². The third kappa shape index (κ3) is 2.89. The van der Waals surface area contributed by atoms with Crippen LogP contribution in [-0.4, -0.2) is 46.3 Å². The van der Waals surface area contributed by atoms with E-state index in [1.165, 1.54) is 18.5 Å². The highest BCUT2D eigenvalue weighted by molar-refractivity contribution is 5.63. The molecule has 0 atom stereocenters. The molecule has 2 fully saturated rings. The first-order valence-electron chi connectivity index (χ1n) is 9.06. The first-order valence-corrected chi connectivity index (χ1v) is 9.06. The Hall–Kier alpha value is -2.64. The molecule has 8 nitrogen and oxygen atoms in total. The van der Waals surface area contributed by atoms with Crippen molar-refractivity contribution in [3.63, 3.8) is 0 Å². The van der Waals surface area contributed by atoms with Crippen LogP contribution < -0.4 is 9.80 Å². The van der Waals surface area contributed by atoms with Gasteiger partial charge in [-0.25, -0.2) is 4.98 Å². The summed E-state index contributed by atoms with van der Waals surface area (Å²) in [7, 11) is 0. The van der Waals surface area contributed by atoms with Gasteiger partial charge in [-0.15, -0.1) is 0 Å². The van der Waals surface area contributed by atoms with Gasteiger partial charge in [0.05, 0.1) is 4.92 Å². The summed E-state index contributed by atoms with van der Waals surface area (Å²) in [5.74, 6) is 1.45. The van der Waals surface area contributed by atoms with Gasteiger partial charge in [-0.05, 0) is 32.8 Å². The normalized spacial score (nSPS) is 18.9. The Morgan fingerprint density at radius 3 is 2.42 bits per heavy atom. The largest absolute Gasteiger partial charge is 0.352 e. The molecule has 4 rings (SSSR count). The average molecular weight is 356 g/mol. The highest BCUT2D eigenvalue weighted by Gasteiger charge is 2.41. The minimum absolute atomic E-state index is 0.118. The van der Waals surface area contributed by atoms with E-state index in [-0.39, 0.29) is 16.0 Å². The molecule has 0 amide bonds. The lowest BCUT2D eigenvalue weighted by molar-refractivity contribution is -0.384. The van der Waals surface area contributed by atoms with Gasteiger partial charge in [0.2, 0.25) is 5.82 Å². The van der Waals surface area contributed by atoms with Crippen LogP contribution in [0.3, 0.4) is 0 Å². The maximum Gasteiger partial charge on any atom is 0.314 e. The van der Waals surface area contributed by atoms with Crippen molar-refractivity contribution >= 4 is 17.3 Å². The first-order chi connectivity index (χ1) is 12.4. The van der Waals surface area contributed by atoms with Crippen molar-refractivity contribution in [2.75, 3.05) is 36.0 Å². The predicted octanol–water partition coefficient (Wildman–Crippen LogP) is 2.71. The maximum atomic E-state index is 11.5. The van der Waals surface area contributed by atoms with E-state index in [1.54, 1.807) is 13.0 Å². The lowest BCUT2D eigenvalue weighted by Crippen LogP contribution is -2.47. The Morgan fingerprint density at radius 1 is 1.15 bits per heavy atom. The van der Waals surface area contributed by atoms with Crippen molar-refractivity contribution in [2.24, 2.45) is 0 Å². The number of nitrogens with zero attached hydrogens (tertiary/aromatic N) is 5. The number of hydrogen-bond acceptors (Lipinski definition) is 6. The van der Waals surface area contributed by atoms with E-state index >= 15 is 0 Å². The average Bonchev–Trinajstić information content (AvgIpc) is 3.15. The molecule has 1 saturated heterocycles. The van der Waals surface area contributed by atoms with Gasteiger partial charge < -0.3 is 9.80 Å². The SMILES string of the molecule is Cc1cc(C)c([N+](=O)[O-])c(N2CCN(c3cc(C4(C)CC4)[nH]n3)CC2)n1. The second kappa shape index (κ2) is 5.96. The van der Waals surface area contributed by atoms with E-state index in [0.717, 1.165) is 24.6 Å². The number of nitrogens with one attached hydrogen (secondary N) is 1. The third-order valence-electron chi connectivity index (χ3n) is 5.59. The summed E-state index contributed by atoms with van der Waals surface area (Å²) in [6.07, 6.45) is 2.43. The van der Waals surface area contributed by atoms with E-state index in [1.807, 2.05) is 11.8 Å². The van der Waals surface area contributed by atoms with Gasteiger partial charge in [0.1, 0.15) is 0 Å². The minimum Gasteiger partial charge on any atom is -0.352 e. The minimum atomic E-state index is -0.320. The smallest absolute Gasteiger partial charge is 0.314 e. The number of rotatable bonds is 4. The highest BCUT2D eigenvalue weighted by atomic mass is 16.6. The summed E-state index contributed by atoms with van der Waals surface area (Å²) in [4.78, 5) is 19.9. The van der Waals surface area contributed by atoms with Crippen molar-refractivity contribution in [2.45, 2.75) is 39.0 Å². The summed E-state index contributed by atoms with van der Waals surface area (Å²) in [6, 6.07) is 3.92. The molecular weight excluding hydrogens is 332 g/mol. The molecular formula is C18H24N6O2. The molecule has 2 aromatic rings. The summed E-state index contributed by atoms with van der Waals surface area (Å²) in [6.45, 7) is 8.83. The highest BCUT2D eigenvalue weighted by Crippen LogP contribution is 2.47. The molecule has 0 radical (unpaired) electrons. The van der Waals surface area contributed by atoms with Crippen LogP contribution in [0.5, 0.6) is 0 Å². The molecule has 0 bridgehead atoms. The van der Waals surface area contributed by atoms with Crippen molar-refractivity contribution < 1.29 is 4.92 Å². The zero-order chi connectivity index (χ0) is 18.5. The first kappa shape index (κ1) is 16.8. The van der Waals surface area contributed by atoms with Crippen LogP contribution in [0.25, 0.3) is 0 Å². The molecule has 1 aliphatic heterocycles. The number of aromatic amines is 1. The number of aromatic nitrogens is 3. The van der Waals surface area contributed by atoms with E-state index in [4.69, 9.17) is 0 Å². The van der Waals surface area contributed by atoms with Crippen LogP contribution in [0.15, 0.2) is 12.1 Å². The van der Waals surface area contributed by atoms with Crippen LogP contribution >= 0.6 is 0 Å². The summed E-state index contributed by atoms with van der Waals surface area (Å²) in [5.41, 5.74) is 3.07. The second-order valence-electron chi connectivity index (χ2n) is 7.68. The Bertz CT molecular complexity index is 849. The number of H-pyrrole nitrogens is 1. The summed E-state index contributed by atoms with van der Waals surface area (Å²) >= 11 is 0. The van der Waals surface area contributed by atoms with Crippen molar-refractivity contribution in [1.29, 1.82) is 0 Å². The number of aryl methyl sites for hydroxylation is 2. The van der Waals surface area contributed by atoms with Gasteiger partial charge in [0.25, 0.3) is 0 Å². The number of anilines is 2. The van der Waals surface area contributed by atoms with E-state index in [2.05, 4.69) is 33.1 Å². The standard InChI is InChI=1S/C18H24N6O2/c1-12-10-13(2)19-17(16(12)24(25)26)23-8-6-22(7-9-23)15-11-14(20-21-15)18(3)4-5-18/h10-11H,4-9H2,1-3H3,(H,20,21). The zero-order valence-corrected chi connectivity index (χ0v) is 15.4. The van der Waals surface area contributed by atoms with Crippen LogP contribution in [0.4, 0.5) is 17.3 Å². The monoisotopic (exact) mass is 356 g/mol. The Labute approximate surface area is 152 Å². The molecule has 8 heteroatoms. The van der Waals surface area contributed by atoms with Gasteiger partial charge in [-0.2, -0.15) is 5.10 Å². The zero-order valence-electron chi connectivity index (χ0n) is 15.4. The predicted molar refractivity (Wildman–Crippen MR) is 100.0 cm³/mol. The molecule has 3 heterocycles. The van der Waals surface area contributed by atoms with Gasteiger partial charge in [0.15, 0.2) is 5.82 Å². The van der Waals surface area contributed by atoms with Crippen molar-refractivity contribution in [3.8, 4) is 0 Å². The Morgan fingerprint density at radius 2 is 1.81 bits per heavy atom. The fourth-order valence-corrected chi connectivity index (χ4v) is 3.64. The molecule has 0 unspecified atom stereocenters.